The number of phenolic OH excluding ortho intramolecular Hbond substituents is 1. The Bertz CT molecular complexity index is 686. The van der Waals surface area contributed by atoms with E-state index in [0.717, 1.165) is 6.07 Å². The summed E-state index contributed by atoms with van der Waals surface area (Å²) >= 11 is 3.02. The van der Waals surface area contributed by atoms with Crippen LogP contribution in [0.1, 0.15) is 17.3 Å². The van der Waals surface area contributed by atoms with Crippen molar-refractivity contribution in [1.29, 1.82) is 0 Å². The lowest BCUT2D eigenvalue weighted by Crippen LogP contribution is -1.99. The lowest BCUT2D eigenvalue weighted by atomic mass is 10.1. The first-order valence-electron chi connectivity index (χ1n) is 4.61. The van der Waals surface area contributed by atoms with Gasteiger partial charge >= 0.3 is 5.63 Å². The van der Waals surface area contributed by atoms with Crippen LogP contribution in [0, 0.1) is 0 Å². The monoisotopic (exact) mass is 298 g/mol. The summed E-state index contributed by atoms with van der Waals surface area (Å²) in [6.45, 7) is 1.28. The van der Waals surface area contributed by atoms with Crippen molar-refractivity contribution in [2.45, 2.75) is 6.92 Å². The number of carbonyl (C=O) groups excluding carboxylic acids is 1. The van der Waals surface area contributed by atoms with Gasteiger partial charge in [-0.2, -0.15) is 0 Å². The number of halogens is 1. The normalized spacial score (nSPS) is 10.7. The van der Waals surface area contributed by atoms with E-state index < -0.39 is 5.63 Å². The minimum absolute atomic E-state index is 0.00231. The summed E-state index contributed by atoms with van der Waals surface area (Å²) < 4.78 is 4.92. The van der Waals surface area contributed by atoms with Crippen LogP contribution in [0.15, 0.2) is 25.8 Å². The number of hydrogen-bond donors (Lipinski definition) is 2. The summed E-state index contributed by atoms with van der Waals surface area (Å²) in [5, 5.41) is 19.5. The van der Waals surface area contributed by atoms with E-state index in [1.165, 1.54) is 13.0 Å². The maximum atomic E-state index is 11.3. The number of aromatic hydroxyl groups is 2. The van der Waals surface area contributed by atoms with Crippen molar-refractivity contribution in [3.63, 3.8) is 0 Å². The van der Waals surface area contributed by atoms with E-state index in [9.17, 15) is 19.8 Å². The second-order valence-corrected chi connectivity index (χ2v) is 4.26. The van der Waals surface area contributed by atoms with Crippen LogP contribution in [0.5, 0.6) is 11.5 Å². The second kappa shape index (κ2) is 3.89. The molecule has 0 atom stereocenters. The average molecular weight is 299 g/mol. The Labute approximate surface area is 103 Å². The van der Waals surface area contributed by atoms with Gasteiger partial charge in [0.1, 0.15) is 16.0 Å². The minimum atomic E-state index is -0.745. The predicted octanol–water partition coefficient (Wildman–Crippen LogP) is 2.17. The maximum Gasteiger partial charge on any atom is 0.339 e. The standard InChI is InChI=1S/C11H7BrO5/c1-4(13)5-2-6-7(14)3-8(15)17-11(6)9(12)10(5)16/h2-3,14,16H,1H3. The molecule has 0 saturated heterocycles. The molecular formula is C11H7BrO5. The molecule has 0 aliphatic heterocycles. The van der Waals surface area contributed by atoms with E-state index in [-0.39, 0.29) is 38.3 Å². The van der Waals surface area contributed by atoms with Gasteiger partial charge in [-0.3, -0.25) is 4.79 Å². The quantitative estimate of drug-likeness (QED) is 0.622. The number of Topliss-reactive ketones (excluding diaryl/α,β-unsaturated/α-hetero) is 1. The number of benzene rings is 1. The molecule has 0 spiro atoms. The lowest BCUT2D eigenvalue weighted by molar-refractivity contribution is 0.101. The minimum Gasteiger partial charge on any atom is -0.507 e. The smallest absolute Gasteiger partial charge is 0.339 e. The molecule has 0 fully saturated rings. The molecule has 0 aliphatic rings. The van der Waals surface area contributed by atoms with Crippen molar-refractivity contribution >= 4 is 32.7 Å². The summed E-state index contributed by atoms with van der Waals surface area (Å²) in [6.07, 6.45) is 0. The highest BCUT2D eigenvalue weighted by Crippen LogP contribution is 2.38. The van der Waals surface area contributed by atoms with Gasteiger partial charge < -0.3 is 14.6 Å². The summed E-state index contributed by atoms with van der Waals surface area (Å²) in [7, 11) is 0. The highest BCUT2D eigenvalue weighted by molar-refractivity contribution is 9.10. The first-order valence-corrected chi connectivity index (χ1v) is 5.40. The van der Waals surface area contributed by atoms with Gasteiger partial charge in [0.15, 0.2) is 11.4 Å². The predicted molar refractivity (Wildman–Crippen MR) is 63.5 cm³/mol. The molecule has 0 radical (unpaired) electrons. The summed E-state index contributed by atoms with van der Waals surface area (Å²) in [4.78, 5) is 22.4. The summed E-state index contributed by atoms with van der Waals surface area (Å²) in [6, 6.07) is 2.17. The molecule has 2 rings (SSSR count). The molecule has 0 saturated carbocycles. The van der Waals surface area contributed by atoms with Crippen molar-refractivity contribution in [1.82, 2.24) is 0 Å². The van der Waals surface area contributed by atoms with E-state index in [1.807, 2.05) is 0 Å². The van der Waals surface area contributed by atoms with Gasteiger partial charge in [0, 0.05) is 0 Å². The van der Waals surface area contributed by atoms with Crippen molar-refractivity contribution in [3.8, 4) is 11.5 Å². The van der Waals surface area contributed by atoms with Crippen molar-refractivity contribution in [2.24, 2.45) is 0 Å². The van der Waals surface area contributed by atoms with Gasteiger partial charge in [-0.25, -0.2) is 4.79 Å². The highest BCUT2D eigenvalue weighted by Gasteiger charge is 2.18. The zero-order valence-corrected chi connectivity index (χ0v) is 10.2. The molecule has 0 amide bonds. The zero-order chi connectivity index (χ0) is 12.7. The molecule has 1 aromatic heterocycles. The molecule has 5 nitrogen and oxygen atoms in total. The Kier molecular flexibility index (Phi) is 2.66. The van der Waals surface area contributed by atoms with Gasteiger partial charge in [0.2, 0.25) is 0 Å². The lowest BCUT2D eigenvalue weighted by Gasteiger charge is -2.07. The zero-order valence-electron chi connectivity index (χ0n) is 8.65. The summed E-state index contributed by atoms with van der Waals surface area (Å²) in [5.74, 6) is -0.992. The third-order valence-corrected chi connectivity index (χ3v) is 3.04. The largest absolute Gasteiger partial charge is 0.507 e. The van der Waals surface area contributed by atoms with Crippen molar-refractivity contribution in [2.75, 3.05) is 0 Å². The molecule has 2 aromatic rings. The molecular weight excluding hydrogens is 292 g/mol. The first-order chi connectivity index (χ1) is 7.91. The van der Waals surface area contributed by atoms with E-state index in [4.69, 9.17) is 4.42 Å². The number of ketones is 1. The Morgan fingerprint density at radius 1 is 1.35 bits per heavy atom. The van der Waals surface area contributed by atoms with Crippen LogP contribution in [0.3, 0.4) is 0 Å². The molecule has 1 aromatic carbocycles. The molecule has 6 heteroatoms. The van der Waals surface area contributed by atoms with Crippen LogP contribution in [0.2, 0.25) is 0 Å². The van der Waals surface area contributed by atoms with E-state index in [0.29, 0.717) is 0 Å². The fourth-order valence-electron chi connectivity index (χ4n) is 1.50. The van der Waals surface area contributed by atoms with E-state index in [1.54, 1.807) is 0 Å². The van der Waals surface area contributed by atoms with E-state index >= 15 is 0 Å². The number of carbonyl (C=O) groups is 1. The number of fused-ring (bicyclic) bond motifs is 1. The summed E-state index contributed by atoms with van der Waals surface area (Å²) in [5.41, 5.74) is -0.711. The maximum absolute atomic E-state index is 11.3. The topological polar surface area (TPSA) is 87.7 Å². The van der Waals surface area contributed by atoms with Gasteiger partial charge in [-0.15, -0.1) is 0 Å². The van der Waals surface area contributed by atoms with Gasteiger partial charge in [-0.1, -0.05) is 0 Å². The fraction of sp³-hybridized carbons (Fsp3) is 0.0909. The van der Waals surface area contributed by atoms with Gasteiger partial charge in [0.25, 0.3) is 0 Å². The van der Waals surface area contributed by atoms with Crippen LogP contribution in [-0.4, -0.2) is 16.0 Å². The van der Waals surface area contributed by atoms with Crippen LogP contribution in [0.25, 0.3) is 11.0 Å². The Hall–Kier alpha value is -1.82. The van der Waals surface area contributed by atoms with E-state index in [2.05, 4.69) is 15.9 Å². The first kappa shape index (κ1) is 11.7. The Morgan fingerprint density at radius 3 is 2.59 bits per heavy atom. The van der Waals surface area contributed by atoms with Gasteiger partial charge in [0.05, 0.1) is 17.0 Å². The Balaban J connectivity index is 3.01. The second-order valence-electron chi connectivity index (χ2n) is 3.47. The van der Waals surface area contributed by atoms with Crippen LogP contribution < -0.4 is 5.63 Å². The third-order valence-electron chi connectivity index (χ3n) is 2.31. The molecule has 17 heavy (non-hydrogen) atoms. The Morgan fingerprint density at radius 2 is 2.00 bits per heavy atom. The number of rotatable bonds is 1. The van der Waals surface area contributed by atoms with Crippen LogP contribution in [0.4, 0.5) is 0 Å². The number of hydrogen-bond acceptors (Lipinski definition) is 5. The molecule has 88 valence electrons. The third kappa shape index (κ3) is 1.80. The molecule has 0 bridgehead atoms. The SMILES string of the molecule is CC(=O)c1cc2c(O)cc(=O)oc2c(Br)c1O. The molecule has 0 aliphatic carbocycles. The molecule has 2 N–H and O–H groups in total. The van der Waals surface area contributed by atoms with Gasteiger partial charge in [-0.05, 0) is 28.9 Å². The fourth-order valence-corrected chi connectivity index (χ4v) is 2.01. The molecule has 0 unspecified atom stereocenters. The average Bonchev–Trinajstić information content (AvgIpc) is 2.23. The molecule has 1 heterocycles. The van der Waals surface area contributed by atoms with Crippen molar-refractivity contribution in [3.05, 3.63) is 32.6 Å². The van der Waals surface area contributed by atoms with Crippen LogP contribution >= 0.6 is 15.9 Å². The van der Waals surface area contributed by atoms with Crippen molar-refractivity contribution < 1.29 is 19.4 Å². The number of phenols is 1. The van der Waals surface area contributed by atoms with Crippen LogP contribution in [-0.2, 0) is 0 Å². The highest BCUT2D eigenvalue weighted by atomic mass is 79.9.